The van der Waals surface area contributed by atoms with E-state index in [1.165, 1.54) is 4.88 Å². The number of nitrogens with zero attached hydrogens (tertiary/aromatic N) is 1. The number of thiazole rings is 1. The van der Waals surface area contributed by atoms with Gasteiger partial charge in [-0.2, -0.15) is 0 Å². The van der Waals surface area contributed by atoms with Gasteiger partial charge < -0.3 is 0 Å². The summed E-state index contributed by atoms with van der Waals surface area (Å²) >= 11 is 1.80. The van der Waals surface area contributed by atoms with Crippen molar-refractivity contribution in [3.8, 4) is 0 Å². The van der Waals surface area contributed by atoms with Crippen LogP contribution in [0.1, 0.15) is 41.8 Å². The molecule has 1 unspecified atom stereocenters. The molecule has 0 spiro atoms. The van der Waals surface area contributed by atoms with E-state index in [1.807, 2.05) is 12.2 Å². The van der Waals surface area contributed by atoms with Gasteiger partial charge in [0.15, 0.2) is 0 Å². The lowest BCUT2D eigenvalue weighted by molar-refractivity contribution is 0.744. The Morgan fingerprint density at radius 3 is 2.86 bits per heavy atom. The van der Waals surface area contributed by atoms with Crippen LogP contribution in [0.4, 0.5) is 0 Å². The summed E-state index contributed by atoms with van der Waals surface area (Å²) in [7, 11) is 0. The van der Waals surface area contributed by atoms with Crippen LogP contribution in [0.2, 0.25) is 0 Å². The van der Waals surface area contributed by atoms with Crippen LogP contribution < -0.4 is 0 Å². The molecule has 1 heterocycles. The maximum Gasteiger partial charge on any atom is 0.0904 e. The van der Waals surface area contributed by atoms with Gasteiger partial charge in [0.05, 0.1) is 10.7 Å². The summed E-state index contributed by atoms with van der Waals surface area (Å²) in [5.41, 5.74) is 1.11. The summed E-state index contributed by atoms with van der Waals surface area (Å²) in [5, 5.41) is 1.14. The van der Waals surface area contributed by atoms with Crippen molar-refractivity contribution >= 4 is 17.4 Å². The molecule has 0 amide bonds. The molecule has 0 N–H and O–H groups in total. The Labute approximate surface area is 90.2 Å². The van der Waals surface area contributed by atoms with E-state index in [2.05, 4.69) is 32.3 Å². The van der Waals surface area contributed by atoms with E-state index >= 15 is 0 Å². The van der Waals surface area contributed by atoms with Crippen molar-refractivity contribution in [1.82, 2.24) is 4.98 Å². The molecule has 0 aromatic carbocycles. The Bertz CT molecular complexity index is 336. The van der Waals surface area contributed by atoms with Crippen LogP contribution in [-0.4, -0.2) is 4.98 Å². The highest BCUT2D eigenvalue weighted by atomic mass is 32.1. The fourth-order valence-corrected chi connectivity index (χ4v) is 2.32. The summed E-state index contributed by atoms with van der Waals surface area (Å²) in [4.78, 5) is 5.89. The van der Waals surface area contributed by atoms with Crippen LogP contribution in [-0.2, 0) is 0 Å². The van der Waals surface area contributed by atoms with E-state index < -0.39 is 0 Å². The van der Waals surface area contributed by atoms with Crippen LogP contribution in [0.15, 0.2) is 18.7 Å². The topological polar surface area (TPSA) is 12.9 Å². The Morgan fingerprint density at radius 2 is 2.29 bits per heavy atom. The second-order valence-corrected chi connectivity index (χ2v) is 4.62. The number of aromatic nitrogens is 1. The zero-order valence-electron chi connectivity index (χ0n) is 9.08. The Morgan fingerprint density at radius 1 is 1.57 bits per heavy atom. The second-order valence-electron chi connectivity index (χ2n) is 3.39. The number of hydrogen-bond acceptors (Lipinski definition) is 2. The molecule has 2 heteroatoms. The summed E-state index contributed by atoms with van der Waals surface area (Å²) in [5.74, 6) is 0.602. The molecule has 1 aromatic heterocycles. The molecule has 1 aromatic rings. The monoisotopic (exact) mass is 207 g/mol. The largest absolute Gasteiger partial charge is 0.242 e. The summed E-state index contributed by atoms with van der Waals surface area (Å²) in [6.07, 6.45) is 6.93. The highest BCUT2D eigenvalue weighted by Gasteiger charge is 2.11. The molecule has 76 valence electrons. The Hall–Kier alpha value is -0.890. The Balaban J connectivity index is 3.02. The molecule has 1 atom stereocenters. The van der Waals surface area contributed by atoms with Crippen molar-refractivity contribution in [2.24, 2.45) is 0 Å². The molecule has 0 saturated heterocycles. The summed E-state index contributed by atoms with van der Waals surface area (Å²) in [6.45, 7) is 10.2. The first-order valence-corrected chi connectivity index (χ1v) is 5.77. The molecular formula is C12H17NS. The number of allylic oxidation sites excluding steroid dienone is 2. The number of hydrogen-bond donors (Lipinski definition) is 0. The zero-order valence-corrected chi connectivity index (χ0v) is 9.90. The molecule has 0 bridgehead atoms. The van der Waals surface area contributed by atoms with Gasteiger partial charge in [-0.05, 0) is 25.3 Å². The minimum Gasteiger partial charge on any atom is -0.242 e. The highest BCUT2D eigenvalue weighted by Crippen LogP contribution is 2.29. The minimum atomic E-state index is 0.602. The Kier molecular flexibility index (Phi) is 4.08. The number of aryl methyl sites for hydroxylation is 1. The molecule has 0 aliphatic heterocycles. The normalized spacial score (nSPS) is 13.4. The molecule has 0 saturated carbocycles. The molecule has 14 heavy (non-hydrogen) atoms. The smallest absolute Gasteiger partial charge is 0.0904 e. The van der Waals surface area contributed by atoms with Gasteiger partial charge in [0.25, 0.3) is 0 Å². The lowest BCUT2D eigenvalue weighted by atomic mass is 10.1. The van der Waals surface area contributed by atoms with Crippen molar-refractivity contribution < 1.29 is 0 Å². The van der Waals surface area contributed by atoms with Gasteiger partial charge >= 0.3 is 0 Å². The van der Waals surface area contributed by atoms with Crippen molar-refractivity contribution in [2.75, 3.05) is 0 Å². The van der Waals surface area contributed by atoms with Crippen LogP contribution in [0.25, 0.3) is 6.08 Å². The van der Waals surface area contributed by atoms with E-state index in [0.717, 1.165) is 17.1 Å². The van der Waals surface area contributed by atoms with E-state index in [4.69, 9.17) is 0 Å². The molecule has 0 radical (unpaired) electrons. The van der Waals surface area contributed by atoms with Gasteiger partial charge in [0.2, 0.25) is 0 Å². The van der Waals surface area contributed by atoms with Crippen LogP contribution in [0.3, 0.4) is 0 Å². The molecule has 1 rings (SSSR count). The first-order valence-electron chi connectivity index (χ1n) is 4.95. The number of rotatable bonds is 4. The van der Waals surface area contributed by atoms with Crippen molar-refractivity contribution in [3.05, 3.63) is 34.3 Å². The molecule has 1 nitrogen and oxygen atoms in total. The molecule has 0 aliphatic carbocycles. The average Bonchev–Trinajstić information content (AvgIpc) is 2.55. The fourth-order valence-electron chi connectivity index (χ4n) is 1.28. The van der Waals surface area contributed by atoms with Crippen molar-refractivity contribution in [2.45, 2.75) is 33.1 Å². The van der Waals surface area contributed by atoms with E-state index in [-0.39, 0.29) is 0 Å². The van der Waals surface area contributed by atoms with Gasteiger partial charge in [-0.25, -0.2) is 4.98 Å². The van der Waals surface area contributed by atoms with Gasteiger partial charge in [0, 0.05) is 4.88 Å². The van der Waals surface area contributed by atoms with Gasteiger partial charge in [-0.3, -0.25) is 0 Å². The second kappa shape index (κ2) is 5.11. The molecule has 0 fully saturated rings. The van der Waals surface area contributed by atoms with Gasteiger partial charge in [-0.15, -0.1) is 11.3 Å². The molecule has 0 aliphatic rings. The zero-order chi connectivity index (χ0) is 10.6. The predicted molar refractivity (Wildman–Crippen MR) is 64.8 cm³/mol. The molecular weight excluding hydrogens is 190 g/mol. The van der Waals surface area contributed by atoms with E-state index in [9.17, 15) is 0 Å². The standard InChI is InChI=1S/C12H17NS/c1-5-7-8-11-12(9(3)6-2)14-10(4)13-11/h5,7-9H,1,6H2,2-4H3/b8-7-. The highest BCUT2D eigenvalue weighted by molar-refractivity contribution is 7.11. The summed E-state index contributed by atoms with van der Waals surface area (Å²) in [6, 6.07) is 0. The van der Waals surface area contributed by atoms with E-state index in [0.29, 0.717) is 5.92 Å². The van der Waals surface area contributed by atoms with Crippen LogP contribution in [0.5, 0.6) is 0 Å². The van der Waals surface area contributed by atoms with Gasteiger partial charge in [-0.1, -0.05) is 32.6 Å². The van der Waals surface area contributed by atoms with Gasteiger partial charge in [0.1, 0.15) is 0 Å². The third-order valence-corrected chi connectivity index (χ3v) is 3.46. The minimum absolute atomic E-state index is 0.602. The fraction of sp³-hybridized carbons (Fsp3) is 0.417. The third kappa shape index (κ3) is 2.55. The predicted octanol–water partition coefficient (Wildman–Crippen LogP) is 4.16. The first kappa shape index (κ1) is 11.2. The SMILES string of the molecule is C=C/C=C\c1nc(C)sc1C(C)CC. The third-order valence-electron chi connectivity index (χ3n) is 2.24. The van der Waals surface area contributed by atoms with E-state index in [1.54, 1.807) is 17.4 Å². The lowest BCUT2D eigenvalue weighted by Gasteiger charge is -2.05. The lowest BCUT2D eigenvalue weighted by Crippen LogP contribution is -1.90. The quantitative estimate of drug-likeness (QED) is 0.675. The maximum atomic E-state index is 4.50. The first-order chi connectivity index (χ1) is 6.69. The van der Waals surface area contributed by atoms with Crippen molar-refractivity contribution in [1.29, 1.82) is 0 Å². The van der Waals surface area contributed by atoms with Crippen LogP contribution >= 0.6 is 11.3 Å². The van der Waals surface area contributed by atoms with Crippen LogP contribution in [0, 0.1) is 6.92 Å². The summed E-state index contributed by atoms with van der Waals surface area (Å²) < 4.78 is 0. The van der Waals surface area contributed by atoms with Crippen molar-refractivity contribution in [3.63, 3.8) is 0 Å². The average molecular weight is 207 g/mol. The maximum absolute atomic E-state index is 4.50.